The summed E-state index contributed by atoms with van der Waals surface area (Å²) in [7, 11) is 3.11. The lowest BCUT2D eigenvalue weighted by atomic mass is 10.0. The van der Waals surface area contributed by atoms with Gasteiger partial charge in [0.2, 0.25) is 11.8 Å². The Morgan fingerprint density at radius 2 is 1.93 bits per heavy atom. The predicted molar refractivity (Wildman–Crippen MR) is 119 cm³/mol. The van der Waals surface area contributed by atoms with Gasteiger partial charge in [-0.2, -0.15) is 5.10 Å². The standard InChI is InChI=1S/C22H24BrN3O4/c1-29-19-13-20(30-2)17(23)12-16(19)14-24-25-21(27)9-10-22(28)26-11-5-7-15-6-3-4-8-18(15)26/h3-4,6,8,12-14H,5,7,9-11H2,1-2H3,(H,25,27)/b24-14+. The number of ether oxygens (including phenoxy) is 2. The number of para-hydroxylation sites is 1. The SMILES string of the molecule is COc1cc(OC)c(/C=N/NC(=O)CCC(=O)N2CCCc3ccccc32)cc1Br. The van der Waals surface area contributed by atoms with Gasteiger partial charge in [-0.15, -0.1) is 0 Å². The van der Waals surface area contributed by atoms with E-state index in [1.807, 2.05) is 24.3 Å². The van der Waals surface area contributed by atoms with Crippen LogP contribution in [-0.2, 0) is 16.0 Å². The molecule has 30 heavy (non-hydrogen) atoms. The minimum absolute atomic E-state index is 0.0537. The van der Waals surface area contributed by atoms with Gasteiger partial charge in [0, 0.05) is 36.7 Å². The van der Waals surface area contributed by atoms with E-state index < -0.39 is 0 Å². The van der Waals surface area contributed by atoms with E-state index in [1.54, 1.807) is 31.3 Å². The van der Waals surface area contributed by atoms with Crippen LogP contribution in [0.1, 0.15) is 30.4 Å². The summed E-state index contributed by atoms with van der Waals surface area (Å²) < 4.78 is 11.3. The van der Waals surface area contributed by atoms with Crippen molar-refractivity contribution in [3.8, 4) is 11.5 Å². The van der Waals surface area contributed by atoms with Crippen LogP contribution in [0.5, 0.6) is 11.5 Å². The molecule has 0 unspecified atom stereocenters. The second-order valence-electron chi connectivity index (χ2n) is 6.80. The summed E-state index contributed by atoms with van der Waals surface area (Å²) in [6.45, 7) is 0.682. The maximum Gasteiger partial charge on any atom is 0.240 e. The highest BCUT2D eigenvalue weighted by Crippen LogP contribution is 2.32. The van der Waals surface area contributed by atoms with E-state index in [-0.39, 0.29) is 24.7 Å². The van der Waals surface area contributed by atoms with Crippen molar-refractivity contribution < 1.29 is 19.1 Å². The van der Waals surface area contributed by atoms with Gasteiger partial charge in [-0.3, -0.25) is 9.59 Å². The summed E-state index contributed by atoms with van der Waals surface area (Å²) in [4.78, 5) is 26.5. The monoisotopic (exact) mass is 473 g/mol. The molecule has 0 atom stereocenters. The molecule has 1 aliphatic rings. The Morgan fingerprint density at radius 3 is 2.70 bits per heavy atom. The molecule has 1 N–H and O–H groups in total. The number of amides is 2. The first-order valence-corrected chi connectivity index (χ1v) is 10.4. The molecule has 1 heterocycles. The fourth-order valence-corrected chi connectivity index (χ4v) is 3.88. The highest BCUT2D eigenvalue weighted by molar-refractivity contribution is 9.10. The van der Waals surface area contributed by atoms with Crippen LogP contribution in [0.4, 0.5) is 5.69 Å². The third-order valence-corrected chi connectivity index (χ3v) is 5.49. The average molecular weight is 474 g/mol. The number of nitrogens with zero attached hydrogens (tertiary/aromatic N) is 2. The van der Waals surface area contributed by atoms with Gasteiger partial charge < -0.3 is 14.4 Å². The van der Waals surface area contributed by atoms with Crippen molar-refractivity contribution in [2.75, 3.05) is 25.7 Å². The van der Waals surface area contributed by atoms with Crippen molar-refractivity contribution >= 4 is 39.6 Å². The number of carbonyl (C=O) groups excluding carboxylic acids is 2. The number of carbonyl (C=O) groups is 2. The van der Waals surface area contributed by atoms with E-state index in [0.717, 1.165) is 23.0 Å². The third kappa shape index (κ3) is 5.18. The molecule has 7 nitrogen and oxygen atoms in total. The minimum atomic E-state index is -0.323. The zero-order valence-electron chi connectivity index (χ0n) is 17.0. The first-order valence-electron chi connectivity index (χ1n) is 9.65. The number of hydrazone groups is 1. The Labute approximate surface area is 184 Å². The Balaban J connectivity index is 1.55. The van der Waals surface area contributed by atoms with Gasteiger partial charge in [-0.05, 0) is 46.5 Å². The molecule has 2 aromatic carbocycles. The second kappa shape index (κ2) is 10.2. The van der Waals surface area contributed by atoms with Crippen LogP contribution >= 0.6 is 15.9 Å². The smallest absolute Gasteiger partial charge is 0.240 e. The number of fused-ring (bicyclic) bond motifs is 1. The molecule has 0 saturated heterocycles. The molecular formula is C22H24BrN3O4. The second-order valence-corrected chi connectivity index (χ2v) is 7.65. The molecule has 158 valence electrons. The molecule has 0 aliphatic carbocycles. The molecule has 0 fully saturated rings. The molecular weight excluding hydrogens is 450 g/mol. The minimum Gasteiger partial charge on any atom is -0.496 e. The van der Waals surface area contributed by atoms with E-state index in [9.17, 15) is 9.59 Å². The van der Waals surface area contributed by atoms with Crippen molar-refractivity contribution in [1.29, 1.82) is 0 Å². The number of rotatable bonds is 7. The highest BCUT2D eigenvalue weighted by atomic mass is 79.9. The van der Waals surface area contributed by atoms with Gasteiger partial charge >= 0.3 is 0 Å². The lowest BCUT2D eigenvalue weighted by Gasteiger charge is -2.29. The van der Waals surface area contributed by atoms with E-state index in [0.29, 0.717) is 23.6 Å². The number of halogens is 1. The maximum atomic E-state index is 12.6. The van der Waals surface area contributed by atoms with Crippen LogP contribution in [0, 0.1) is 0 Å². The van der Waals surface area contributed by atoms with Gasteiger partial charge in [-0.25, -0.2) is 5.43 Å². The Morgan fingerprint density at radius 1 is 1.17 bits per heavy atom. The lowest BCUT2D eigenvalue weighted by molar-refractivity contribution is -0.125. The Hall–Kier alpha value is -2.87. The Bertz CT molecular complexity index is 961. The zero-order chi connectivity index (χ0) is 21.5. The molecule has 3 rings (SSSR count). The van der Waals surface area contributed by atoms with Crippen molar-refractivity contribution in [3.05, 3.63) is 52.0 Å². The quantitative estimate of drug-likeness (QED) is 0.491. The van der Waals surface area contributed by atoms with Crippen molar-refractivity contribution in [2.24, 2.45) is 5.10 Å². The number of nitrogens with one attached hydrogen (secondary N) is 1. The van der Waals surface area contributed by atoms with Crippen molar-refractivity contribution in [1.82, 2.24) is 5.43 Å². The number of methoxy groups -OCH3 is 2. The third-order valence-electron chi connectivity index (χ3n) is 4.87. The summed E-state index contributed by atoms with van der Waals surface area (Å²) in [6, 6.07) is 11.4. The largest absolute Gasteiger partial charge is 0.496 e. The number of anilines is 1. The normalized spacial score (nSPS) is 13.1. The topological polar surface area (TPSA) is 80.2 Å². The molecule has 0 radical (unpaired) electrons. The fraction of sp³-hybridized carbons (Fsp3) is 0.318. The molecule has 0 saturated carbocycles. The maximum absolute atomic E-state index is 12.6. The van der Waals surface area contributed by atoms with Gasteiger partial charge in [0.05, 0.1) is 24.9 Å². The van der Waals surface area contributed by atoms with E-state index in [1.165, 1.54) is 11.8 Å². The number of hydrogen-bond donors (Lipinski definition) is 1. The molecule has 8 heteroatoms. The molecule has 2 amide bonds. The van der Waals surface area contributed by atoms with Crippen LogP contribution in [0.15, 0.2) is 46.0 Å². The van der Waals surface area contributed by atoms with Crippen LogP contribution in [0.25, 0.3) is 0 Å². The van der Waals surface area contributed by atoms with E-state index in [4.69, 9.17) is 9.47 Å². The molecule has 0 bridgehead atoms. The lowest BCUT2D eigenvalue weighted by Crippen LogP contribution is -2.36. The highest BCUT2D eigenvalue weighted by Gasteiger charge is 2.22. The molecule has 2 aromatic rings. The number of hydrogen-bond acceptors (Lipinski definition) is 5. The fourth-order valence-electron chi connectivity index (χ4n) is 3.36. The van der Waals surface area contributed by atoms with Gasteiger partial charge in [-0.1, -0.05) is 18.2 Å². The first kappa shape index (κ1) is 21.8. The van der Waals surface area contributed by atoms with Crippen LogP contribution < -0.4 is 19.8 Å². The van der Waals surface area contributed by atoms with E-state index in [2.05, 4.69) is 26.5 Å². The summed E-state index contributed by atoms with van der Waals surface area (Å²) in [6.07, 6.45) is 3.59. The summed E-state index contributed by atoms with van der Waals surface area (Å²) in [5, 5.41) is 3.98. The van der Waals surface area contributed by atoms with Crippen LogP contribution in [0.3, 0.4) is 0 Å². The number of aryl methyl sites for hydroxylation is 1. The summed E-state index contributed by atoms with van der Waals surface area (Å²) in [5.41, 5.74) is 5.26. The van der Waals surface area contributed by atoms with Crippen LogP contribution in [0.2, 0.25) is 0 Å². The molecule has 0 aromatic heterocycles. The first-order chi connectivity index (χ1) is 14.5. The van der Waals surface area contributed by atoms with Crippen molar-refractivity contribution in [3.63, 3.8) is 0 Å². The van der Waals surface area contributed by atoms with Crippen LogP contribution in [-0.4, -0.2) is 38.8 Å². The zero-order valence-corrected chi connectivity index (χ0v) is 18.6. The molecule has 0 spiro atoms. The molecule has 1 aliphatic heterocycles. The number of benzene rings is 2. The Kier molecular flexibility index (Phi) is 7.46. The van der Waals surface area contributed by atoms with Gasteiger partial charge in [0.15, 0.2) is 0 Å². The van der Waals surface area contributed by atoms with Gasteiger partial charge in [0.1, 0.15) is 11.5 Å². The van der Waals surface area contributed by atoms with Crippen molar-refractivity contribution in [2.45, 2.75) is 25.7 Å². The van der Waals surface area contributed by atoms with Gasteiger partial charge in [0.25, 0.3) is 0 Å². The average Bonchev–Trinajstić information content (AvgIpc) is 2.77. The summed E-state index contributed by atoms with van der Waals surface area (Å²) >= 11 is 3.41. The van der Waals surface area contributed by atoms with E-state index >= 15 is 0 Å². The summed E-state index contributed by atoms with van der Waals surface area (Å²) in [5.74, 6) is 0.816. The predicted octanol–water partition coefficient (Wildman–Crippen LogP) is 3.68.